The number of thioether (sulfide) groups is 1. The zero-order chi connectivity index (χ0) is 21.1. The molecule has 0 aliphatic rings. The van der Waals surface area contributed by atoms with Crippen molar-refractivity contribution in [2.24, 2.45) is 0 Å². The summed E-state index contributed by atoms with van der Waals surface area (Å²) in [5, 5.41) is 5.55. The Morgan fingerprint density at radius 2 is 1.69 bits per heavy atom. The molecule has 4 rings (SSSR count). The van der Waals surface area contributed by atoms with E-state index in [-0.39, 0.29) is 51.6 Å². The van der Waals surface area contributed by atoms with Crippen LogP contribution < -0.4 is 5.56 Å². The molecule has 0 aliphatic heterocycles. The fraction of sp³-hybridized carbons (Fsp3) is 0.125. The largest absolute Gasteiger partial charge is 0.646 e. The molecule has 0 N–H and O–H groups in total. The Kier molecular flexibility index (Phi) is 9.31. The van der Waals surface area contributed by atoms with E-state index in [9.17, 15) is 9.59 Å². The third kappa shape index (κ3) is 5.52. The second-order valence-electron chi connectivity index (χ2n) is 6.69. The summed E-state index contributed by atoms with van der Waals surface area (Å²) in [6.45, 7) is 2.23. The molecule has 1 amide bonds. The Bertz CT molecular complexity index is 1280. The summed E-state index contributed by atoms with van der Waals surface area (Å²) < 4.78 is 1.54. The number of fused-ring (bicyclic) bond motifs is 1. The van der Waals surface area contributed by atoms with Gasteiger partial charge in [0.1, 0.15) is 0 Å². The Hall–Kier alpha value is -2.35. The number of hydrogen-bond acceptors (Lipinski definition) is 5. The van der Waals surface area contributed by atoms with Gasteiger partial charge in [-0.1, -0.05) is 59.8 Å². The standard InChI is InChI=1S/C23H20N4O2S.CH3.Y/c1-15-19-12-13-20(28)27(21(19)26-23(25-15)30-2)18-10-8-17(9-11-18)22(29)24-14-16-6-4-3-5-7-16;;/h3-13H,14H2,1-2H3,(H,24,29);1H3;/q;-1;/p-1. The van der Waals surface area contributed by atoms with E-state index in [4.69, 9.17) is 0 Å². The first-order valence-electron chi connectivity index (χ1n) is 9.37. The van der Waals surface area contributed by atoms with Gasteiger partial charge in [0, 0.05) is 44.2 Å². The van der Waals surface area contributed by atoms with Gasteiger partial charge in [0.15, 0.2) is 10.8 Å². The molecule has 0 spiro atoms. The molecule has 0 saturated carbocycles. The molecule has 1 radical (unpaired) electrons. The summed E-state index contributed by atoms with van der Waals surface area (Å²) >= 11 is 1.42. The topological polar surface area (TPSA) is 79.0 Å². The van der Waals surface area contributed by atoms with Crippen LogP contribution in [0.2, 0.25) is 0 Å². The smallest absolute Gasteiger partial charge is 0.256 e. The van der Waals surface area contributed by atoms with Crippen LogP contribution in [0.5, 0.6) is 0 Å². The van der Waals surface area contributed by atoms with Gasteiger partial charge in [0.2, 0.25) is 0 Å². The zero-order valence-corrected chi connectivity index (χ0v) is 21.8. The number of nitrogens with zero attached hydrogens (tertiary/aromatic N) is 4. The van der Waals surface area contributed by atoms with Crippen molar-refractivity contribution >= 4 is 28.7 Å². The third-order valence-electron chi connectivity index (χ3n) is 4.72. The Morgan fingerprint density at radius 1 is 1.00 bits per heavy atom. The van der Waals surface area contributed by atoms with E-state index in [0.717, 1.165) is 16.6 Å². The van der Waals surface area contributed by atoms with Crippen LogP contribution >= 0.6 is 11.8 Å². The van der Waals surface area contributed by atoms with E-state index in [0.29, 0.717) is 28.6 Å². The van der Waals surface area contributed by atoms with Crippen LogP contribution in [0.1, 0.15) is 21.6 Å². The summed E-state index contributed by atoms with van der Waals surface area (Å²) in [5.41, 5.74) is 3.25. The van der Waals surface area contributed by atoms with Gasteiger partial charge >= 0.3 is 0 Å². The van der Waals surface area contributed by atoms with Gasteiger partial charge < -0.3 is 17.5 Å². The number of carbonyl (C=O) groups excluding carboxylic acids is 1. The molecule has 2 aromatic carbocycles. The number of aryl methyl sites for hydroxylation is 1. The molecular formula is C24H22N4O2SY-2. The molecule has 0 saturated heterocycles. The number of amides is 1. The molecule has 4 aromatic rings. The fourth-order valence-electron chi connectivity index (χ4n) is 3.17. The normalized spacial score (nSPS) is 10.2. The Morgan fingerprint density at radius 3 is 2.34 bits per heavy atom. The van der Waals surface area contributed by atoms with Crippen molar-refractivity contribution in [1.29, 1.82) is 0 Å². The summed E-state index contributed by atoms with van der Waals surface area (Å²) in [6, 6.07) is 19.7. The van der Waals surface area contributed by atoms with Gasteiger partial charge in [-0.15, -0.1) is 6.54 Å². The molecule has 32 heavy (non-hydrogen) atoms. The molecule has 161 valence electrons. The third-order valence-corrected chi connectivity index (χ3v) is 5.27. The average Bonchev–Trinajstić information content (AvgIpc) is 2.78. The average molecular weight is 519 g/mol. The van der Waals surface area contributed by atoms with E-state index in [2.05, 4.69) is 15.3 Å². The number of pyridine rings is 1. The Labute approximate surface area is 216 Å². The molecule has 2 heterocycles. The van der Waals surface area contributed by atoms with Gasteiger partial charge in [-0.3, -0.25) is 9.36 Å². The maximum absolute atomic E-state index is 12.6. The first-order valence-corrected chi connectivity index (χ1v) is 10.6. The molecule has 0 aliphatic carbocycles. The van der Waals surface area contributed by atoms with Gasteiger partial charge in [-0.25, -0.2) is 9.97 Å². The van der Waals surface area contributed by atoms with Gasteiger partial charge in [-0.2, -0.15) is 0 Å². The van der Waals surface area contributed by atoms with Gasteiger partial charge in [0.05, 0.1) is 17.3 Å². The summed E-state index contributed by atoms with van der Waals surface area (Å²) in [6.07, 6.45) is 1.89. The molecule has 0 fully saturated rings. The number of rotatable bonds is 5. The summed E-state index contributed by atoms with van der Waals surface area (Å²) in [5.74, 6) is -0.293. The van der Waals surface area contributed by atoms with Crippen LogP contribution in [-0.2, 0) is 39.3 Å². The van der Waals surface area contributed by atoms with Crippen molar-refractivity contribution in [3.8, 4) is 5.69 Å². The quantitative estimate of drug-likeness (QED) is 0.211. The van der Waals surface area contributed by atoms with Crippen LogP contribution in [0, 0.1) is 14.4 Å². The van der Waals surface area contributed by atoms with Crippen LogP contribution in [0.25, 0.3) is 22.0 Å². The summed E-state index contributed by atoms with van der Waals surface area (Å²) in [7, 11) is 0. The SMILES string of the molecule is CSc1nc(C)c2ccc(=O)n(-c3ccc(C(=O)[N-]Cc4ccccc4)cc3)c2n1.[CH3-].[Y]. The van der Waals surface area contributed by atoms with Crippen LogP contribution in [-0.4, -0.2) is 26.7 Å². The van der Waals surface area contributed by atoms with Crippen LogP contribution in [0.4, 0.5) is 0 Å². The minimum absolute atomic E-state index is 0. The molecule has 0 unspecified atom stereocenters. The van der Waals surface area contributed by atoms with Crippen molar-refractivity contribution in [2.75, 3.05) is 6.26 Å². The first-order chi connectivity index (χ1) is 14.6. The van der Waals surface area contributed by atoms with Crippen molar-refractivity contribution < 1.29 is 37.5 Å². The number of aromatic nitrogens is 3. The van der Waals surface area contributed by atoms with E-state index >= 15 is 0 Å². The van der Waals surface area contributed by atoms with Crippen molar-refractivity contribution in [3.63, 3.8) is 0 Å². The zero-order valence-electron chi connectivity index (χ0n) is 18.1. The molecule has 0 bridgehead atoms. The van der Waals surface area contributed by atoms with Crippen molar-refractivity contribution in [2.45, 2.75) is 18.6 Å². The number of hydrogen-bond donors (Lipinski definition) is 0. The minimum Gasteiger partial charge on any atom is -0.646 e. The van der Waals surface area contributed by atoms with E-state index in [1.807, 2.05) is 43.5 Å². The van der Waals surface area contributed by atoms with E-state index in [1.165, 1.54) is 17.8 Å². The van der Waals surface area contributed by atoms with Gasteiger partial charge in [0.25, 0.3) is 5.56 Å². The predicted octanol–water partition coefficient (Wildman–Crippen LogP) is 4.97. The molecule has 2 aromatic heterocycles. The molecule has 6 nitrogen and oxygen atoms in total. The predicted molar refractivity (Wildman–Crippen MR) is 126 cm³/mol. The number of carbonyl (C=O) groups is 1. The van der Waals surface area contributed by atoms with Crippen LogP contribution in [0.3, 0.4) is 0 Å². The maximum Gasteiger partial charge on any atom is 0.256 e. The first kappa shape index (κ1) is 25.9. The molecule has 0 atom stereocenters. The second kappa shape index (κ2) is 11.5. The van der Waals surface area contributed by atoms with Crippen molar-refractivity contribution in [1.82, 2.24) is 14.5 Å². The van der Waals surface area contributed by atoms with E-state index < -0.39 is 0 Å². The fourth-order valence-corrected chi connectivity index (χ4v) is 3.58. The maximum atomic E-state index is 12.6. The molecule has 8 heteroatoms. The number of benzene rings is 2. The summed E-state index contributed by atoms with van der Waals surface area (Å²) in [4.78, 5) is 34.0. The second-order valence-corrected chi connectivity index (χ2v) is 7.47. The molecular weight excluding hydrogens is 497 g/mol. The monoisotopic (exact) mass is 519 g/mol. The van der Waals surface area contributed by atoms with Crippen LogP contribution in [0.15, 0.2) is 76.7 Å². The van der Waals surface area contributed by atoms with Crippen molar-refractivity contribution in [3.05, 3.63) is 107 Å². The van der Waals surface area contributed by atoms with Gasteiger partial charge in [-0.05, 0) is 36.9 Å². The minimum atomic E-state index is -0.293. The Balaban J connectivity index is 0.00000181. The van der Waals surface area contributed by atoms with E-state index in [1.54, 1.807) is 34.9 Å².